The van der Waals surface area contributed by atoms with Gasteiger partial charge in [-0.3, -0.25) is 9.59 Å². The van der Waals surface area contributed by atoms with Gasteiger partial charge in [0, 0.05) is 51.0 Å². The molecule has 0 aromatic heterocycles. The van der Waals surface area contributed by atoms with Crippen LogP contribution in [-0.4, -0.2) is 86.1 Å². The van der Waals surface area contributed by atoms with Crippen molar-refractivity contribution in [3.63, 3.8) is 0 Å². The van der Waals surface area contributed by atoms with Crippen LogP contribution >= 0.6 is 0 Å². The maximum atomic E-state index is 13.0. The molecule has 0 bridgehead atoms. The summed E-state index contributed by atoms with van der Waals surface area (Å²) >= 11 is 0. The first kappa shape index (κ1) is 23.2. The minimum absolute atomic E-state index is 0.0203. The molecule has 1 aliphatic carbocycles. The number of methoxy groups -OCH3 is 1. The molecule has 2 saturated heterocycles. The third kappa shape index (κ3) is 5.69. The topological polar surface area (TPSA) is 94.2 Å². The summed E-state index contributed by atoms with van der Waals surface area (Å²) in [5.74, 6) is 0.488. The summed E-state index contributed by atoms with van der Waals surface area (Å²) in [7, 11) is 1.65. The molecule has 4 amide bonds. The fourth-order valence-electron chi connectivity index (χ4n) is 4.97. The summed E-state index contributed by atoms with van der Waals surface area (Å²) in [5, 5.41) is 5.91. The molecular formula is C24H35N5O4. The summed E-state index contributed by atoms with van der Waals surface area (Å²) in [4.78, 5) is 44.2. The van der Waals surface area contributed by atoms with Crippen LogP contribution in [0.2, 0.25) is 0 Å². The molecule has 1 aromatic rings. The number of urea groups is 1. The third-order valence-corrected chi connectivity index (χ3v) is 6.96. The van der Waals surface area contributed by atoms with E-state index in [0.29, 0.717) is 26.2 Å². The van der Waals surface area contributed by atoms with Crippen LogP contribution in [0.1, 0.15) is 38.5 Å². The Labute approximate surface area is 195 Å². The Morgan fingerprint density at radius 3 is 2.39 bits per heavy atom. The molecule has 9 heteroatoms. The van der Waals surface area contributed by atoms with Gasteiger partial charge in [-0.25, -0.2) is 4.79 Å². The average molecular weight is 458 g/mol. The van der Waals surface area contributed by atoms with Gasteiger partial charge in [0.25, 0.3) is 0 Å². The van der Waals surface area contributed by atoms with Crippen molar-refractivity contribution in [2.75, 3.05) is 51.3 Å². The van der Waals surface area contributed by atoms with E-state index in [0.717, 1.165) is 50.2 Å². The molecule has 0 radical (unpaired) electrons. The Morgan fingerprint density at radius 1 is 1.03 bits per heavy atom. The molecule has 1 aromatic carbocycles. The van der Waals surface area contributed by atoms with Crippen LogP contribution in [0.3, 0.4) is 0 Å². The van der Waals surface area contributed by atoms with Crippen molar-refractivity contribution in [1.82, 2.24) is 20.4 Å². The van der Waals surface area contributed by atoms with Crippen molar-refractivity contribution in [1.29, 1.82) is 0 Å². The Hall–Kier alpha value is -2.97. The number of nitrogens with zero attached hydrogens (tertiary/aromatic N) is 3. The number of ether oxygens (including phenoxy) is 1. The SMILES string of the molecule is COc1ccc(N2CCN(C(=O)C[C@H]3C(=O)NCCN3C(=O)NC3CCCCC3)CC2)cc1. The van der Waals surface area contributed by atoms with E-state index in [4.69, 9.17) is 4.74 Å². The maximum Gasteiger partial charge on any atom is 0.318 e. The molecule has 1 saturated carbocycles. The number of benzene rings is 1. The fourth-order valence-corrected chi connectivity index (χ4v) is 4.97. The fraction of sp³-hybridized carbons (Fsp3) is 0.625. The first-order valence-corrected chi connectivity index (χ1v) is 12.1. The summed E-state index contributed by atoms with van der Waals surface area (Å²) in [6.07, 6.45) is 5.43. The van der Waals surface area contributed by atoms with E-state index in [1.165, 1.54) is 6.42 Å². The molecule has 9 nitrogen and oxygen atoms in total. The van der Waals surface area contributed by atoms with Gasteiger partial charge in [-0.1, -0.05) is 19.3 Å². The Bertz CT molecular complexity index is 832. The van der Waals surface area contributed by atoms with E-state index in [1.807, 2.05) is 24.3 Å². The summed E-state index contributed by atoms with van der Waals surface area (Å²) in [5.41, 5.74) is 1.10. The second-order valence-corrected chi connectivity index (χ2v) is 9.05. The Morgan fingerprint density at radius 2 is 1.73 bits per heavy atom. The predicted molar refractivity (Wildman–Crippen MR) is 125 cm³/mol. The average Bonchev–Trinajstić information content (AvgIpc) is 2.86. The van der Waals surface area contributed by atoms with Gasteiger partial charge >= 0.3 is 6.03 Å². The monoisotopic (exact) mass is 457 g/mol. The highest BCUT2D eigenvalue weighted by Gasteiger charge is 2.37. The minimum atomic E-state index is -0.755. The molecule has 4 rings (SSSR count). The number of nitrogens with one attached hydrogen (secondary N) is 2. The Kier molecular flexibility index (Phi) is 7.57. The second kappa shape index (κ2) is 10.8. The molecule has 3 aliphatic rings. The van der Waals surface area contributed by atoms with E-state index in [2.05, 4.69) is 15.5 Å². The van der Waals surface area contributed by atoms with E-state index >= 15 is 0 Å². The van der Waals surface area contributed by atoms with Gasteiger partial charge < -0.3 is 30.1 Å². The predicted octanol–water partition coefficient (Wildman–Crippen LogP) is 1.58. The van der Waals surface area contributed by atoms with Gasteiger partial charge in [0.1, 0.15) is 11.8 Å². The van der Waals surface area contributed by atoms with Crippen molar-refractivity contribution in [2.45, 2.75) is 50.6 Å². The summed E-state index contributed by atoms with van der Waals surface area (Å²) in [6.45, 7) is 3.47. The quantitative estimate of drug-likeness (QED) is 0.700. The zero-order valence-corrected chi connectivity index (χ0v) is 19.4. The lowest BCUT2D eigenvalue weighted by Gasteiger charge is -2.39. The third-order valence-electron chi connectivity index (χ3n) is 6.96. The normalized spacial score (nSPS) is 22.0. The lowest BCUT2D eigenvalue weighted by molar-refractivity contribution is -0.137. The number of hydrogen-bond donors (Lipinski definition) is 2. The highest BCUT2D eigenvalue weighted by molar-refractivity contribution is 5.92. The number of amides is 4. The number of rotatable bonds is 5. The molecule has 1 atom stereocenters. The van der Waals surface area contributed by atoms with Crippen molar-refractivity contribution >= 4 is 23.5 Å². The van der Waals surface area contributed by atoms with Crippen molar-refractivity contribution in [3.8, 4) is 5.75 Å². The van der Waals surface area contributed by atoms with Crippen molar-refractivity contribution < 1.29 is 19.1 Å². The van der Waals surface area contributed by atoms with Gasteiger partial charge in [-0.15, -0.1) is 0 Å². The van der Waals surface area contributed by atoms with Crippen LogP contribution < -0.4 is 20.3 Å². The van der Waals surface area contributed by atoms with E-state index in [-0.39, 0.29) is 30.3 Å². The lowest BCUT2D eigenvalue weighted by atomic mass is 9.95. The van der Waals surface area contributed by atoms with E-state index < -0.39 is 6.04 Å². The number of hydrogen-bond acceptors (Lipinski definition) is 5. The van der Waals surface area contributed by atoms with Crippen LogP contribution in [0, 0.1) is 0 Å². The number of carbonyl (C=O) groups excluding carboxylic acids is 3. The van der Waals surface area contributed by atoms with E-state index in [1.54, 1.807) is 16.9 Å². The number of piperazine rings is 2. The molecule has 0 spiro atoms. The van der Waals surface area contributed by atoms with Gasteiger partial charge in [0.05, 0.1) is 13.5 Å². The van der Waals surface area contributed by atoms with Crippen LogP contribution in [0.25, 0.3) is 0 Å². The van der Waals surface area contributed by atoms with Crippen LogP contribution in [0.15, 0.2) is 24.3 Å². The number of carbonyl (C=O) groups is 3. The molecule has 2 N–H and O–H groups in total. The first-order chi connectivity index (χ1) is 16.0. The van der Waals surface area contributed by atoms with Gasteiger partial charge in [0.15, 0.2) is 0 Å². The maximum absolute atomic E-state index is 13.0. The second-order valence-electron chi connectivity index (χ2n) is 9.05. The van der Waals surface area contributed by atoms with Crippen LogP contribution in [0.5, 0.6) is 5.75 Å². The van der Waals surface area contributed by atoms with E-state index in [9.17, 15) is 14.4 Å². The Balaban J connectivity index is 1.31. The molecule has 2 heterocycles. The molecule has 180 valence electrons. The number of anilines is 1. The smallest absolute Gasteiger partial charge is 0.318 e. The van der Waals surface area contributed by atoms with Crippen molar-refractivity contribution in [3.05, 3.63) is 24.3 Å². The lowest BCUT2D eigenvalue weighted by Crippen LogP contribution is -2.61. The summed E-state index contributed by atoms with van der Waals surface area (Å²) < 4.78 is 5.22. The molecule has 0 unspecified atom stereocenters. The zero-order valence-electron chi connectivity index (χ0n) is 19.4. The van der Waals surface area contributed by atoms with Gasteiger partial charge in [-0.2, -0.15) is 0 Å². The van der Waals surface area contributed by atoms with Gasteiger partial charge in [-0.05, 0) is 37.1 Å². The first-order valence-electron chi connectivity index (χ1n) is 12.1. The summed E-state index contributed by atoms with van der Waals surface area (Å²) in [6, 6.07) is 7.09. The largest absolute Gasteiger partial charge is 0.497 e. The molecular weight excluding hydrogens is 422 g/mol. The molecule has 3 fully saturated rings. The molecule has 2 aliphatic heterocycles. The highest BCUT2D eigenvalue weighted by Crippen LogP contribution is 2.22. The highest BCUT2D eigenvalue weighted by atomic mass is 16.5. The van der Waals surface area contributed by atoms with Crippen LogP contribution in [0.4, 0.5) is 10.5 Å². The van der Waals surface area contributed by atoms with Gasteiger partial charge in [0.2, 0.25) is 11.8 Å². The van der Waals surface area contributed by atoms with Crippen LogP contribution in [-0.2, 0) is 9.59 Å². The molecule has 33 heavy (non-hydrogen) atoms. The van der Waals surface area contributed by atoms with Crippen molar-refractivity contribution in [2.24, 2.45) is 0 Å². The zero-order chi connectivity index (χ0) is 23.2. The minimum Gasteiger partial charge on any atom is -0.497 e. The standard InChI is InChI=1S/C24H35N5O4/c1-33-20-9-7-19(8-10-20)27-13-15-28(16-14-27)22(30)17-21-23(31)25-11-12-29(21)24(32)26-18-5-3-2-4-6-18/h7-10,18,21H,2-6,11-17H2,1H3,(H,25,31)(H,26,32)/t21-/m0/s1.